The van der Waals surface area contributed by atoms with Crippen LogP contribution in [0.4, 0.5) is 22.0 Å². The highest BCUT2D eigenvalue weighted by Gasteiger charge is 2.28. The zero-order valence-electron chi connectivity index (χ0n) is 15.9. The number of hydrogen-bond acceptors (Lipinski definition) is 7. The Morgan fingerprint density at radius 1 is 1.18 bits per heavy atom. The summed E-state index contributed by atoms with van der Waals surface area (Å²) in [5.74, 6) is 1.64. The monoisotopic (exact) mass is 386 g/mol. The fourth-order valence-electron chi connectivity index (χ4n) is 3.68. The van der Waals surface area contributed by atoms with Gasteiger partial charge in [-0.25, -0.2) is 4.39 Å². The van der Waals surface area contributed by atoms with Crippen molar-refractivity contribution in [2.45, 2.75) is 37.9 Å². The molecular weight excluding hydrogens is 359 g/mol. The molecule has 1 saturated carbocycles. The molecule has 1 aliphatic carbocycles. The molecule has 150 valence electrons. The summed E-state index contributed by atoms with van der Waals surface area (Å²) in [5, 5.41) is 12.9. The Kier molecular flexibility index (Phi) is 5.59. The predicted molar refractivity (Wildman–Crippen MR) is 108 cm³/mol. The number of halogens is 1. The maximum Gasteiger partial charge on any atom is 0.223 e. The third-order valence-corrected chi connectivity index (χ3v) is 5.35. The van der Waals surface area contributed by atoms with Gasteiger partial charge < -0.3 is 21.1 Å². The zero-order chi connectivity index (χ0) is 19.5. The molecule has 1 atom stereocenters. The van der Waals surface area contributed by atoms with Crippen LogP contribution < -0.4 is 16.0 Å². The van der Waals surface area contributed by atoms with Gasteiger partial charge in [-0.2, -0.15) is 9.97 Å². The van der Waals surface area contributed by atoms with Crippen molar-refractivity contribution in [2.75, 3.05) is 42.2 Å². The number of aliphatic hydroxyl groups excluding tert-OH is 1. The van der Waals surface area contributed by atoms with Crippen LogP contribution in [0.2, 0.25) is 0 Å². The van der Waals surface area contributed by atoms with Gasteiger partial charge in [0.2, 0.25) is 5.95 Å². The fraction of sp³-hybridized carbons (Fsp3) is 0.500. The van der Waals surface area contributed by atoms with Crippen molar-refractivity contribution in [2.24, 2.45) is 0 Å². The molecule has 8 heteroatoms. The van der Waals surface area contributed by atoms with Gasteiger partial charge in [0.1, 0.15) is 17.5 Å². The first-order valence-corrected chi connectivity index (χ1v) is 9.86. The third kappa shape index (κ3) is 4.69. The van der Waals surface area contributed by atoms with Crippen LogP contribution in [-0.4, -0.2) is 58.3 Å². The third-order valence-electron chi connectivity index (χ3n) is 5.35. The number of nitrogens with zero attached hydrogens (tertiary/aromatic N) is 4. The number of nitrogens with one attached hydrogen (secondary N) is 1. The maximum atomic E-state index is 13.2. The smallest absolute Gasteiger partial charge is 0.223 e. The Balaban J connectivity index is 1.46. The van der Waals surface area contributed by atoms with Gasteiger partial charge in [0.05, 0.1) is 0 Å². The zero-order valence-corrected chi connectivity index (χ0v) is 15.9. The quantitative estimate of drug-likeness (QED) is 0.669. The van der Waals surface area contributed by atoms with E-state index in [0.29, 0.717) is 12.5 Å². The van der Waals surface area contributed by atoms with E-state index in [0.717, 1.165) is 43.4 Å². The lowest BCUT2D eigenvalue weighted by molar-refractivity contribution is 0.135. The molecular formula is C20H27FN6O. The van der Waals surface area contributed by atoms with Crippen molar-refractivity contribution < 1.29 is 9.50 Å². The summed E-state index contributed by atoms with van der Waals surface area (Å²) >= 11 is 0. The maximum absolute atomic E-state index is 13.2. The molecule has 0 amide bonds. The number of aromatic nitrogens is 2. The Labute approximate surface area is 164 Å². The summed E-state index contributed by atoms with van der Waals surface area (Å²) in [7, 11) is 0. The van der Waals surface area contributed by atoms with Gasteiger partial charge in [-0.1, -0.05) is 12.1 Å². The lowest BCUT2D eigenvalue weighted by Gasteiger charge is -2.42. The number of benzene rings is 1. The van der Waals surface area contributed by atoms with E-state index in [-0.39, 0.29) is 24.4 Å². The molecule has 1 aromatic carbocycles. The van der Waals surface area contributed by atoms with Gasteiger partial charge in [-0.3, -0.25) is 4.90 Å². The fourth-order valence-corrected chi connectivity index (χ4v) is 3.68. The second-order valence-corrected chi connectivity index (χ2v) is 7.60. The van der Waals surface area contributed by atoms with Gasteiger partial charge >= 0.3 is 0 Å². The van der Waals surface area contributed by atoms with Crippen LogP contribution in [0.25, 0.3) is 0 Å². The number of aliphatic hydroxyl groups is 1. The van der Waals surface area contributed by atoms with E-state index < -0.39 is 0 Å². The number of piperazine rings is 1. The molecule has 2 aromatic rings. The molecule has 7 nitrogen and oxygen atoms in total. The van der Waals surface area contributed by atoms with Crippen molar-refractivity contribution in [1.29, 1.82) is 0 Å². The standard InChI is InChI=1S/C20H27FN6O/c21-15-3-1-14(2-4-15)12-26-8-9-27(13-17(26)7-10-28)19-11-18(23-16-5-6-16)24-20(22)25-19/h1-4,11,16-17,28H,5-10,12-13H2,(H3,22,23,24,25)/t17-/m1/s1. The van der Waals surface area contributed by atoms with Gasteiger partial charge in [0.15, 0.2) is 0 Å². The van der Waals surface area contributed by atoms with Crippen LogP contribution in [0.3, 0.4) is 0 Å². The molecule has 0 spiro atoms. The second kappa shape index (κ2) is 8.28. The van der Waals surface area contributed by atoms with Crippen LogP contribution in [0.5, 0.6) is 0 Å². The van der Waals surface area contributed by atoms with Gasteiger partial charge in [-0.15, -0.1) is 0 Å². The summed E-state index contributed by atoms with van der Waals surface area (Å²) < 4.78 is 13.2. The number of hydrogen-bond donors (Lipinski definition) is 3. The SMILES string of the molecule is Nc1nc(NC2CC2)cc(N2CCN(Cc3ccc(F)cc3)[C@H](CCO)C2)n1. The first-order chi connectivity index (χ1) is 13.6. The molecule has 0 bridgehead atoms. The first-order valence-electron chi connectivity index (χ1n) is 9.86. The Morgan fingerprint density at radius 3 is 2.68 bits per heavy atom. The van der Waals surface area contributed by atoms with Crippen LogP contribution in [0.1, 0.15) is 24.8 Å². The highest BCUT2D eigenvalue weighted by molar-refractivity contribution is 5.53. The lowest BCUT2D eigenvalue weighted by atomic mass is 10.1. The summed E-state index contributed by atoms with van der Waals surface area (Å²) in [6, 6.07) is 9.25. The molecule has 0 unspecified atom stereocenters. The summed E-state index contributed by atoms with van der Waals surface area (Å²) in [6.07, 6.45) is 3.01. The molecule has 1 aromatic heterocycles. The van der Waals surface area contributed by atoms with E-state index in [1.165, 1.54) is 25.0 Å². The van der Waals surface area contributed by atoms with E-state index in [2.05, 4.69) is 25.1 Å². The molecule has 2 aliphatic rings. The minimum Gasteiger partial charge on any atom is -0.396 e. The van der Waals surface area contributed by atoms with Gasteiger partial charge in [0, 0.05) is 50.9 Å². The average molecular weight is 386 g/mol. The topological polar surface area (TPSA) is 90.5 Å². The van der Waals surface area contributed by atoms with Crippen LogP contribution in [-0.2, 0) is 6.54 Å². The van der Waals surface area contributed by atoms with Crippen molar-refractivity contribution in [3.05, 3.63) is 41.7 Å². The second-order valence-electron chi connectivity index (χ2n) is 7.60. The number of nitrogens with two attached hydrogens (primary N) is 1. The molecule has 4 N–H and O–H groups in total. The highest BCUT2D eigenvalue weighted by Crippen LogP contribution is 2.27. The molecule has 1 saturated heterocycles. The Bertz CT molecular complexity index is 798. The first kappa shape index (κ1) is 18.9. The molecule has 4 rings (SSSR count). The summed E-state index contributed by atoms with van der Waals surface area (Å²) in [4.78, 5) is 13.3. The van der Waals surface area contributed by atoms with Gasteiger partial charge in [-0.05, 0) is 37.0 Å². The van der Waals surface area contributed by atoms with Gasteiger partial charge in [0.25, 0.3) is 0 Å². The van der Waals surface area contributed by atoms with E-state index in [9.17, 15) is 9.50 Å². The van der Waals surface area contributed by atoms with Crippen LogP contribution >= 0.6 is 0 Å². The molecule has 28 heavy (non-hydrogen) atoms. The van der Waals surface area contributed by atoms with E-state index in [1.807, 2.05) is 18.2 Å². The van der Waals surface area contributed by atoms with Crippen molar-refractivity contribution >= 4 is 17.6 Å². The van der Waals surface area contributed by atoms with E-state index in [1.54, 1.807) is 0 Å². The van der Waals surface area contributed by atoms with Crippen LogP contribution in [0, 0.1) is 5.82 Å². The summed E-state index contributed by atoms with van der Waals surface area (Å²) in [5.41, 5.74) is 7.00. The normalized spacial score (nSPS) is 20.4. The Morgan fingerprint density at radius 2 is 1.96 bits per heavy atom. The minimum absolute atomic E-state index is 0.124. The summed E-state index contributed by atoms with van der Waals surface area (Å²) in [6.45, 7) is 3.25. The lowest BCUT2D eigenvalue weighted by Crippen LogP contribution is -2.53. The van der Waals surface area contributed by atoms with E-state index in [4.69, 9.17) is 5.73 Å². The molecule has 2 heterocycles. The molecule has 0 radical (unpaired) electrons. The van der Waals surface area contributed by atoms with Crippen LogP contribution in [0.15, 0.2) is 30.3 Å². The molecule has 1 aliphatic heterocycles. The molecule has 2 fully saturated rings. The number of anilines is 3. The van der Waals surface area contributed by atoms with Crippen molar-refractivity contribution in [1.82, 2.24) is 14.9 Å². The highest BCUT2D eigenvalue weighted by atomic mass is 19.1. The van der Waals surface area contributed by atoms with Crippen molar-refractivity contribution in [3.8, 4) is 0 Å². The largest absolute Gasteiger partial charge is 0.396 e. The predicted octanol–water partition coefficient (Wildman–Crippen LogP) is 1.85. The Hall–Kier alpha value is -2.45. The minimum atomic E-state index is -0.225. The number of nitrogen functional groups attached to an aromatic ring is 1. The van der Waals surface area contributed by atoms with Crippen molar-refractivity contribution in [3.63, 3.8) is 0 Å². The van der Waals surface area contributed by atoms with E-state index >= 15 is 0 Å². The number of rotatable bonds is 7. The average Bonchev–Trinajstić information content (AvgIpc) is 3.48.